The van der Waals surface area contributed by atoms with Gasteiger partial charge < -0.3 is 9.88 Å². The molecule has 0 radical (unpaired) electrons. The lowest BCUT2D eigenvalue weighted by Crippen LogP contribution is -2.24. The van der Waals surface area contributed by atoms with E-state index in [2.05, 4.69) is 72.0 Å². The van der Waals surface area contributed by atoms with Gasteiger partial charge >= 0.3 is 0 Å². The summed E-state index contributed by atoms with van der Waals surface area (Å²) in [6, 6.07) is 8.47. The van der Waals surface area contributed by atoms with Crippen molar-refractivity contribution in [2.75, 3.05) is 12.3 Å². The molecule has 1 heterocycles. The first-order valence-electron chi connectivity index (χ1n) is 8.30. The minimum absolute atomic E-state index is 0.0178. The van der Waals surface area contributed by atoms with Gasteiger partial charge in [0.1, 0.15) is 0 Å². The van der Waals surface area contributed by atoms with Gasteiger partial charge in [-0.1, -0.05) is 56.8 Å². The predicted octanol–water partition coefficient (Wildman–Crippen LogP) is 3.49. The first-order chi connectivity index (χ1) is 11.4. The molecule has 0 spiro atoms. The van der Waals surface area contributed by atoms with E-state index < -0.39 is 0 Å². The second kappa shape index (κ2) is 7.83. The van der Waals surface area contributed by atoms with Crippen LogP contribution in [0.15, 0.2) is 29.4 Å². The highest BCUT2D eigenvalue weighted by Gasteiger charge is 2.16. The first kappa shape index (κ1) is 18.5. The molecule has 1 amide bonds. The van der Waals surface area contributed by atoms with Crippen LogP contribution < -0.4 is 5.32 Å². The van der Waals surface area contributed by atoms with Crippen LogP contribution >= 0.6 is 11.8 Å². The average molecular weight is 347 g/mol. The third kappa shape index (κ3) is 4.38. The van der Waals surface area contributed by atoms with E-state index in [-0.39, 0.29) is 11.3 Å². The largest absolute Gasteiger partial charge is 0.356 e. The van der Waals surface area contributed by atoms with Crippen LogP contribution in [0.1, 0.15) is 40.2 Å². The molecule has 0 saturated heterocycles. The van der Waals surface area contributed by atoms with E-state index in [4.69, 9.17) is 0 Å². The van der Waals surface area contributed by atoms with Gasteiger partial charge in [-0.05, 0) is 24.8 Å². The van der Waals surface area contributed by atoms with Crippen LogP contribution in [-0.2, 0) is 16.8 Å². The number of hydrogen-bond donors (Lipinski definition) is 1. The zero-order valence-electron chi connectivity index (χ0n) is 15.1. The topological polar surface area (TPSA) is 59.8 Å². The molecule has 2 rings (SSSR count). The second-order valence-corrected chi connectivity index (χ2v) is 7.56. The Morgan fingerprint density at radius 1 is 1.17 bits per heavy atom. The Balaban J connectivity index is 2.21. The molecule has 0 unspecified atom stereocenters. The van der Waals surface area contributed by atoms with Gasteiger partial charge in [0.15, 0.2) is 11.0 Å². The van der Waals surface area contributed by atoms with Crippen LogP contribution in [0, 0.1) is 0 Å². The summed E-state index contributed by atoms with van der Waals surface area (Å²) in [5.74, 6) is 1.22. The van der Waals surface area contributed by atoms with Gasteiger partial charge in [-0.25, -0.2) is 0 Å². The Bertz CT molecular complexity index is 686. The van der Waals surface area contributed by atoms with Gasteiger partial charge in [0, 0.05) is 18.7 Å². The lowest BCUT2D eigenvalue weighted by molar-refractivity contribution is -0.118. The highest BCUT2D eigenvalue weighted by Crippen LogP contribution is 2.27. The molecule has 1 aromatic heterocycles. The van der Waals surface area contributed by atoms with E-state index in [9.17, 15) is 4.79 Å². The molecule has 0 bridgehead atoms. The SMILES string of the molecule is CCNC(=O)CSc1nnc(-c2ccc(C(C)(C)C)cc2)n1CC. The van der Waals surface area contributed by atoms with E-state index in [0.717, 1.165) is 23.1 Å². The summed E-state index contributed by atoms with van der Waals surface area (Å²) in [5.41, 5.74) is 2.46. The Hall–Kier alpha value is -1.82. The fourth-order valence-electron chi connectivity index (χ4n) is 2.39. The molecule has 24 heavy (non-hydrogen) atoms. The van der Waals surface area contributed by atoms with Crippen LogP contribution in [0.5, 0.6) is 0 Å². The number of thioether (sulfide) groups is 1. The van der Waals surface area contributed by atoms with Crippen molar-refractivity contribution < 1.29 is 4.79 Å². The molecule has 0 aliphatic carbocycles. The monoisotopic (exact) mass is 346 g/mol. The van der Waals surface area contributed by atoms with Crippen molar-refractivity contribution in [3.8, 4) is 11.4 Å². The maximum absolute atomic E-state index is 11.6. The van der Waals surface area contributed by atoms with Crippen molar-refractivity contribution in [3.63, 3.8) is 0 Å². The zero-order valence-corrected chi connectivity index (χ0v) is 15.9. The molecule has 0 aliphatic rings. The molecular weight excluding hydrogens is 320 g/mol. The Labute approximate surface area is 148 Å². The number of amides is 1. The van der Waals surface area contributed by atoms with Crippen LogP contribution in [0.2, 0.25) is 0 Å². The van der Waals surface area contributed by atoms with Gasteiger partial charge in [0.05, 0.1) is 5.75 Å². The maximum atomic E-state index is 11.6. The standard InChI is InChI=1S/C18H26N4OS/c1-6-19-15(23)12-24-17-21-20-16(22(17)7-2)13-8-10-14(11-9-13)18(3,4)5/h8-11H,6-7,12H2,1-5H3,(H,19,23). The highest BCUT2D eigenvalue weighted by atomic mass is 32.2. The predicted molar refractivity (Wildman–Crippen MR) is 99.2 cm³/mol. The molecule has 0 aliphatic heterocycles. The molecule has 1 N–H and O–H groups in total. The summed E-state index contributed by atoms with van der Waals surface area (Å²) in [6.45, 7) is 12.0. The lowest BCUT2D eigenvalue weighted by atomic mass is 9.87. The van der Waals surface area contributed by atoms with Crippen molar-refractivity contribution in [2.45, 2.75) is 51.7 Å². The normalized spacial score (nSPS) is 11.5. The average Bonchev–Trinajstić information content (AvgIpc) is 2.95. The number of rotatable bonds is 6. The Morgan fingerprint density at radius 3 is 2.38 bits per heavy atom. The van der Waals surface area contributed by atoms with Gasteiger partial charge in [0.2, 0.25) is 5.91 Å². The molecule has 5 nitrogen and oxygen atoms in total. The number of benzene rings is 1. The van der Waals surface area contributed by atoms with E-state index >= 15 is 0 Å². The molecule has 1 aromatic carbocycles. The summed E-state index contributed by atoms with van der Waals surface area (Å²) >= 11 is 1.42. The fourth-order valence-corrected chi connectivity index (χ4v) is 3.22. The minimum atomic E-state index is 0.0178. The zero-order chi connectivity index (χ0) is 17.7. The third-order valence-electron chi connectivity index (χ3n) is 3.75. The number of aromatic nitrogens is 3. The Morgan fingerprint density at radius 2 is 1.83 bits per heavy atom. The van der Waals surface area contributed by atoms with E-state index in [1.54, 1.807) is 0 Å². The molecule has 2 aromatic rings. The van der Waals surface area contributed by atoms with Crippen LogP contribution in [0.25, 0.3) is 11.4 Å². The number of nitrogens with one attached hydrogen (secondary N) is 1. The summed E-state index contributed by atoms with van der Waals surface area (Å²) in [7, 11) is 0. The smallest absolute Gasteiger partial charge is 0.230 e. The second-order valence-electron chi connectivity index (χ2n) is 6.62. The molecule has 130 valence electrons. The first-order valence-corrected chi connectivity index (χ1v) is 9.29. The van der Waals surface area contributed by atoms with E-state index in [1.165, 1.54) is 17.3 Å². The Kier molecular flexibility index (Phi) is 6.04. The molecule has 6 heteroatoms. The number of carbonyl (C=O) groups excluding carboxylic acids is 1. The van der Waals surface area contributed by atoms with Crippen molar-refractivity contribution in [2.24, 2.45) is 0 Å². The molecule has 0 saturated carbocycles. The van der Waals surface area contributed by atoms with E-state index in [0.29, 0.717) is 12.3 Å². The maximum Gasteiger partial charge on any atom is 0.230 e. The summed E-state index contributed by atoms with van der Waals surface area (Å²) < 4.78 is 2.05. The molecular formula is C18H26N4OS. The quantitative estimate of drug-likeness (QED) is 0.814. The number of carbonyl (C=O) groups is 1. The van der Waals surface area contributed by atoms with E-state index in [1.807, 2.05) is 6.92 Å². The number of nitrogens with zero attached hydrogens (tertiary/aromatic N) is 3. The van der Waals surface area contributed by atoms with Crippen molar-refractivity contribution >= 4 is 17.7 Å². The van der Waals surface area contributed by atoms with Gasteiger partial charge in [0.25, 0.3) is 0 Å². The van der Waals surface area contributed by atoms with Crippen LogP contribution in [-0.4, -0.2) is 33.0 Å². The summed E-state index contributed by atoms with van der Waals surface area (Å²) in [5, 5.41) is 12.2. The minimum Gasteiger partial charge on any atom is -0.356 e. The third-order valence-corrected chi connectivity index (χ3v) is 4.72. The van der Waals surface area contributed by atoms with Crippen LogP contribution in [0.4, 0.5) is 0 Å². The highest BCUT2D eigenvalue weighted by molar-refractivity contribution is 7.99. The van der Waals surface area contributed by atoms with Gasteiger partial charge in [-0.3, -0.25) is 4.79 Å². The van der Waals surface area contributed by atoms with Gasteiger partial charge in [-0.15, -0.1) is 10.2 Å². The van der Waals surface area contributed by atoms with Crippen molar-refractivity contribution in [1.29, 1.82) is 0 Å². The molecule has 0 fully saturated rings. The summed E-state index contributed by atoms with van der Waals surface area (Å²) in [4.78, 5) is 11.6. The van der Waals surface area contributed by atoms with Crippen molar-refractivity contribution in [3.05, 3.63) is 29.8 Å². The summed E-state index contributed by atoms with van der Waals surface area (Å²) in [6.07, 6.45) is 0. The lowest BCUT2D eigenvalue weighted by Gasteiger charge is -2.19. The number of hydrogen-bond acceptors (Lipinski definition) is 4. The van der Waals surface area contributed by atoms with Crippen LogP contribution in [0.3, 0.4) is 0 Å². The van der Waals surface area contributed by atoms with Gasteiger partial charge in [-0.2, -0.15) is 0 Å². The van der Waals surface area contributed by atoms with Crippen molar-refractivity contribution in [1.82, 2.24) is 20.1 Å². The molecule has 0 atom stereocenters. The fraction of sp³-hybridized carbons (Fsp3) is 0.500.